The van der Waals surface area contributed by atoms with Crippen molar-refractivity contribution in [2.24, 2.45) is 5.10 Å². The van der Waals surface area contributed by atoms with E-state index in [-0.39, 0.29) is 5.91 Å². The summed E-state index contributed by atoms with van der Waals surface area (Å²) in [6.45, 7) is 0.469. The zero-order valence-corrected chi connectivity index (χ0v) is 17.1. The summed E-state index contributed by atoms with van der Waals surface area (Å²) in [7, 11) is 0. The number of hydrogen-bond acceptors (Lipinski definition) is 3. The van der Waals surface area contributed by atoms with Crippen molar-refractivity contribution in [3.8, 4) is 5.75 Å². The third kappa shape index (κ3) is 5.80. The molecule has 0 radical (unpaired) electrons. The van der Waals surface area contributed by atoms with Crippen molar-refractivity contribution in [3.05, 3.63) is 98.1 Å². The van der Waals surface area contributed by atoms with Crippen molar-refractivity contribution in [1.29, 1.82) is 0 Å². The molecule has 0 aliphatic rings. The maximum atomic E-state index is 12.1. The summed E-state index contributed by atoms with van der Waals surface area (Å²) in [4.78, 5) is 12.1. The third-order valence-electron chi connectivity index (χ3n) is 3.70. The summed E-state index contributed by atoms with van der Waals surface area (Å²) in [5, 5.41) is 4.71. The van der Waals surface area contributed by atoms with Gasteiger partial charge in [-0.1, -0.05) is 35.9 Å². The Morgan fingerprint density at radius 2 is 1.74 bits per heavy atom. The number of halogens is 2. The molecule has 0 atom stereocenters. The minimum absolute atomic E-state index is 0.237. The van der Waals surface area contributed by atoms with Crippen LogP contribution in [0.3, 0.4) is 0 Å². The maximum absolute atomic E-state index is 12.1. The topological polar surface area (TPSA) is 50.7 Å². The fourth-order valence-electron chi connectivity index (χ4n) is 2.27. The van der Waals surface area contributed by atoms with E-state index in [1.165, 1.54) is 0 Å². The number of ether oxygens (including phenoxy) is 1. The van der Waals surface area contributed by atoms with Crippen molar-refractivity contribution in [3.63, 3.8) is 0 Å². The van der Waals surface area contributed by atoms with Crippen molar-refractivity contribution in [2.45, 2.75) is 6.61 Å². The molecule has 0 aliphatic carbocycles. The second-order valence-electron chi connectivity index (χ2n) is 5.66. The molecule has 0 heterocycles. The highest BCUT2D eigenvalue weighted by atomic mass is 127. The first-order chi connectivity index (χ1) is 13.1. The molecule has 0 saturated heterocycles. The highest BCUT2D eigenvalue weighted by Crippen LogP contribution is 2.15. The molecule has 136 valence electrons. The minimum Gasteiger partial charge on any atom is -0.489 e. The molecule has 4 nitrogen and oxygen atoms in total. The van der Waals surface area contributed by atoms with Crippen LogP contribution in [0.4, 0.5) is 0 Å². The Kier molecular flexibility index (Phi) is 6.84. The summed E-state index contributed by atoms with van der Waals surface area (Å²) in [6, 6.07) is 22.4. The van der Waals surface area contributed by atoms with Crippen LogP contribution in [0.25, 0.3) is 0 Å². The zero-order valence-electron chi connectivity index (χ0n) is 14.2. The zero-order chi connectivity index (χ0) is 19.1. The summed E-state index contributed by atoms with van der Waals surface area (Å²) in [6.07, 6.45) is 1.59. The average molecular weight is 491 g/mol. The normalized spacial score (nSPS) is 10.7. The average Bonchev–Trinajstić information content (AvgIpc) is 2.69. The lowest BCUT2D eigenvalue weighted by Gasteiger charge is -2.06. The van der Waals surface area contributed by atoms with E-state index < -0.39 is 0 Å². The van der Waals surface area contributed by atoms with Gasteiger partial charge in [-0.05, 0) is 82.2 Å². The quantitative estimate of drug-likeness (QED) is 0.290. The highest BCUT2D eigenvalue weighted by molar-refractivity contribution is 14.1. The first kappa shape index (κ1) is 19.4. The Bertz CT molecular complexity index is 941. The van der Waals surface area contributed by atoms with E-state index in [0.29, 0.717) is 17.2 Å². The molecule has 0 unspecified atom stereocenters. The number of carbonyl (C=O) groups excluding carboxylic acids is 1. The number of carbonyl (C=O) groups is 1. The Balaban J connectivity index is 1.52. The van der Waals surface area contributed by atoms with Crippen molar-refractivity contribution in [2.75, 3.05) is 0 Å². The van der Waals surface area contributed by atoms with Crippen molar-refractivity contribution >= 4 is 46.3 Å². The van der Waals surface area contributed by atoms with Gasteiger partial charge in [-0.3, -0.25) is 4.79 Å². The first-order valence-corrected chi connectivity index (χ1v) is 9.63. The monoisotopic (exact) mass is 490 g/mol. The van der Waals surface area contributed by atoms with Gasteiger partial charge < -0.3 is 4.74 Å². The number of benzene rings is 3. The van der Waals surface area contributed by atoms with E-state index >= 15 is 0 Å². The molecule has 1 N–H and O–H groups in total. The molecular weight excluding hydrogens is 475 g/mol. The van der Waals surface area contributed by atoms with Gasteiger partial charge >= 0.3 is 0 Å². The second-order valence-corrected chi connectivity index (χ2v) is 7.26. The van der Waals surface area contributed by atoms with Crippen LogP contribution < -0.4 is 10.2 Å². The van der Waals surface area contributed by atoms with E-state index in [1.807, 2.05) is 66.7 Å². The molecular formula is C21H16ClIN2O2. The van der Waals surface area contributed by atoms with Gasteiger partial charge in [-0.25, -0.2) is 5.43 Å². The van der Waals surface area contributed by atoms with Crippen LogP contribution in [-0.2, 0) is 6.61 Å². The summed E-state index contributed by atoms with van der Waals surface area (Å²) >= 11 is 7.99. The van der Waals surface area contributed by atoms with Crippen LogP contribution in [0.5, 0.6) is 5.75 Å². The molecule has 3 aromatic carbocycles. The summed E-state index contributed by atoms with van der Waals surface area (Å²) in [5.74, 6) is 0.518. The number of nitrogens with zero attached hydrogens (tertiary/aromatic N) is 1. The van der Waals surface area contributed by atoms with Gasteiger partial charge in [0.2, 0.25) is 0 Å². The van der Waals surface area contributed by atoms with Crippen LogP contribution in [0.2, 0.25) is 5.02 Å². The van der Waals surface area contributed by atoms with Gasteiger partial charge in [0.15, 0.2) is 0 Å². The van der Waals surface area contributed by atoms with E-state index in [0.717, 1.165) is 20.4 Å². The molecule has 0 saturated carbocycles. The van der Waals surface area contributed by atoms with Gasteiger partial charge in [-0.15, -0.1) is 0 Å². The molecule has 3 rings (SSSR count). The van der Waals surface area contributed by atoms with Gasteiger partial charge in [0.25, 0.3) is 5.91 Å². The largest absolute Gasteiger partial charge is 0.489 e. The Morgan fingerprint density at radius 3 is 2.44 bits per heavy atom. The molecule has 0 aliphatic heterocycles. The van der Waals surface area contributed by atoms with E-state index in [1.54, 1.807) is 12.3 Å². The number of amides is 1. The molecule has 0 aromatic heterocycles. The molecule has 1 amide bonds. The summed E-state index contributed by atoms with van der Waals surface area (Å²) < 4.78 is 6.62. The number of rotatable bonds is 6. The Labute approximate surface area is 176 Å². The summed E-state index contributed by atoms with van der Waals surface area (Å²) in [5.41, 5.74) is 5.04. The smallest absolute Gasteiger partial charge is 0.272 e. The lowest BCUT2D eigenvalue weighted by Crippen LogP contribution is -2.18. The number of hydrogen-bond donors (Lipinski definition) is 1. The molecule has 3 aromatic rings. The molecule has 27 heavy (non-hydrogen) atoms. The lowest BCUT2D eigenvalue weighted by molar-refractivity contribution is 0.0954. The Morgan fingerprint density at radius 1 is 1.04 bits per heavy atom. The highest BCUT2D eigenvalue weighted by Gasteiger charge is 2.07. The van der Waals surface area contributed by atoms with Gasteiger partial charge in [-0.2, -0.15) is 5.10 Å². The van der Waals surface area contributed by atoms with Gasteiger partial charge in [0, 0.05) is 8.59 Å². The fourth-order valence-corrected chi connectivity index (χ4v) is 3.03. The fraction of sp³-hybridized carbons (Fsp3) is 0.0476. The van der Waals surface area contributed by atoms with Crippen LogP contribution in [0.15, 0.2) is 77.9 Å². The maximum Gasteiger partial charge on any atom is 0.272 e. The SMILES string of the molecule is O=C(NN=Cc1ccc(OCc2ccc(Cl)cc2)cc1)c1ccccc1I. The first-order valence-electron chi connectivity index (χ1n) is 8.17. The molecule has 0 fully saturated rings. The van der Waals surface area contributed by atoms with Crippen LogP contribution in [-0.4, -0.2) is 12.1 Å². The second kappa shape index (κ2) is 9.53. The van der Waals surface area contributed by atoms with Crippen LogP contribution >= 0.6 is 34.2 Å². The number of hydrazone groups is 1. The van der Waals surface area contributed by atoms with Crippen molar-refractivity contribution in [1.82, 2.24) is 5.43 Å². The van der Waals surface area contributed by atoms with Crippen molar-refractivity contribution < 1.29 is 9.53 Å². The molecule has 0 bridgehead atoms. The van der Waals surface area contributed by atoms with E-state index in [2.05, 4.69) is 33.1 Å². The third-order valence-corrected chi connectivity index (χ3v) is 4.89. The van der Waals surface area contributed by atoms with E-state index in [9.17, 15) is 4.79 Å². The standard InChI is InChI=1S/C21H16ClIN2O2/c22-17-9-5-16(6-10-17)14-27-18-11-7-15(8-12-18)13-24-25-21(26)19-3-1-2-4-20(19)23/h1-13H,14H2,(H,25,26). The van der Waals surface area contributed by atoms with Gasteiger partial charge in [0.1, 0.15) is 12.4 Å². The molecule has 6 heteroatoms. The predicted molar refractivity (Wildman–Crippen MR) is 116 cm³/mol. The minimum atomic E-state index is -0.237. The number of nitrogens with one attached hydrogen (secondary N) is 1. The predicted octanol–water partition coefficient (Wildman–Crippen LogP) is 5.29. The van der Waals surface area contributed by atoms with Crippen LogP contribution in [0, 0.1) is 3.57 Å². The lowest BCUT2D eigenvalue weighted by atomic mass is 10.2. The molecule has 0 spiro atoms. The van der Waals surface area contributed by atoms with E-state index in [4.69, 9.17) is 16.3 Å². The van der Waals surface area contributed by atoms with Crippen LogP contribution in [0.1, 0.15) is 21.5 Å². The Hall–Kier alpha value is -2.38. The van der Waals surface area contributed by atoms with Gasteiger partial charge in [0.05, 0.1) is 11.8 Å².